The van der Waals surface area contributed by atoms with E-state index in [1.165, 1.54) is 36.3 Å². The van der Waals surface area contributed by atoms with Gasteiger partial charge in [0, 0.05) is 17.2 Å². The molecule has 0 spiro atoms. The van der Waals surface area contributed by atoms with Gasteiger partial charge in [0.1, 0.15) is 28.7 Å². The lowest BCUT2D eigenvalue weighted by Gasteiger charge is -2.16. The van der Waals surface area contributed by atoms with Gasteiger partial charge < -0.3 is 15.3 Å². The number of hydrogen-bond acceptors (Lipinski definition) is 10. The van der Waals surface area contributed by atoms with Crippen LogP contribution < -0.4 is 5.32 Å². The van der Waals surface area contributed by atoms with Crippen LogP contribution in [0.4, 0.5) is 0 Å². The molecule has 1 atom stereocenters. The third kappa shape index (κ3) is 4.34. The monoisotopic (exact) mass is 409 g/mol. The van der Waals surface area contributed by atoms with Crippen molar-refractivity contribution >= 4 is 52.1 Å². The van der Waals surface area contributed by atoms with Crippen molar-refractivity contribution in [2.24, 2.45) is 10.1 Å². The van der Waals surface area contributed by atoms with Crippen LogP contribution in [0.25, 0.3) is 0 Å². The Balaban J connectivity index is 1.54. The number of aromatic nitrogens is 1. The van der Waals surface area contributed by atoms with Gasteiger partial charge in [-0.05, 0) is 0 Å². The molecule has 10 nitrogen and oxygen atoms in total. The number of nitrogens with one attached hydrogen (secondary N) is 1. The highest BCUT2D eigenvalue weighted by Gasteiger charge is 2.35. The van der Waals surface area contributed by atoms with E-state index in [0.717, 1.165) is 11.1 Å². The maximum absolute atomic E-state index is 12.5. The zero-order valence-corrected chi connectivity index (χ0v) is 15.7. The van der Waals surface area contributed by atoms with Crippen molar-refractivity contribution in [2.75, 3.05) is 26.0 Å². The summed E-state index contributed by atoms with van der Waals surface area (Å²) in [7, 11) is 1.44. The Kier molecular flexibility index (Phi) is 5.86. The topological polar surface area (TPSA) is 134 Å². The lowest BCUT2D eigenvalue weighted by Crippen LogP contribution is -2.40. The average molecular weight is 409 g/mol. The van der Waals surface area contributed by atoms with Crippen molar-refractivity contribution in [2.45, 2.75) is 6.04 Å². The third-order valence-corrected chi connectivity index (χ3v) is 5.55. The molecular weight excluding hydrogens is 394 g/mol. The largest absolute Gasteiger partial charge is 0.499 e. The third-order valence-electron chi connectivity index (χ3n) is 3.71. The van der Waals surface area contributed by atoms with Crippen LogP contribution in [0.15, 0.2) is 27.4 Å². The molecule has 142 valence electrons. The minimum absolute atomic E-state index is 0.111. The predicted molar refractivity (Wildman–Crippen MR) is 99.3 cm³/mol. The highest BCUT2D eigenvalue weighted by atomic mass is 32.2. The van der Waals surface area contributed by atoms with E-state index in [-0.39, 0.29) is 24.7 Å². The molecule has 0 aliphatic carbocycles. The number of ether oxygens (including phenoxy) is 1. The van der Waals surface area contributed by atoms with Gasteiger partial charge in [0.05, 0.1) is 25.2 Å². The minimum atomic E-state index is -0.665. The van der Waals surface area contributed by atoms with E-state index in [4.69, 9.17) is 9.94 Å². The summed E-state index contributed by atoms with van der Waals surface area (Å²) in [5.41, 5.74) is 0.201. The van der Waals surface area contributed by atoms with Crippen LogP contribution in [-0.4, -0.2) is 76.1 Å². The van der Waals surface area contributed by atoms with Gasteiger partial charge in [-0.15, -0.1) is 23.1 Å². The molecule has 3 heterocycles. The van der Waals surface area contributed by atoms with Gasteiger partial charge in [-0.25, -0.2) is 4.98 Å². The molecule has 0 bridgehead atoms. The summed E-state index contributed by atoms with van der Waals surface area (Å²) in [6, 6.07) is -0.665. The molecule has 0 unspecified atom stereocenters. The first kappa shape index (κ1) is 19.0. The Morgan fingerprint density at radius 1 is 1.56 bits per heavy atom. The van der Waals surface area contributed by atoms with E-state index >= 15 is 0 Å². The van der Waals surface area contributed by atoms with Crippen molar-refractivity contribution in [3.63, 3.8) is 0 Å². The fourth-order valence-electron chi connectivity index (χ4n) is 2.38. The number of oxime groups is 1. The van der Waals surface area contributed by atoms with Crippen LogP contribution in [0.1, 0.15) is 15.5 Å². The molecule has 1 aromatic heterocycles. The second kappa shape index (κ2) is 8.31. The van der Waals surface area contributed by atoms with Crippen molar-refractivity contribution in [3.05, 3.63) is 27.9 Å². The Morgan fingerprint density at radius 2 is 2.37 bits per heavy atom. The molecule has 3 amide bonds. The van der Waals surface area contributed by atoms with Crippen LogP contribution in [0, 0.1) is 0 Å². The standard InChI is InChI=1S/C15H15N5O5S2/c1-25-8-2-13(21)20(5-8)15(23)10-7-27-11(19-10)3-16-14(22)9-6-26-12(18-9)4-17-24/h2,4,6,10,24H,3,5,7H2,1H3,(H,16,22)/b17-4+/t10-/m1/s1. The summed E-state index contributed by atoms with van der Waals surface area (Å²) in [4.78, 5) is 45.8. The molecule has 0 radical (unpaired) electrons. The Labute approximate surface area is 162 Å². The zero-order valence-electron chi connectivity index (χ0n) is 14.1. The van der Waals surface area contributed by atoms with Crippen molar-refractivity contribution < 1.29 is 24.3 Å². The fourth-order valence-corrected chi connectivity index (χ4v) is 3.97. The summed E-state index contributed by atoms with van der Waals surface area (Å²) >= 11 is 2.52. The van der Waals surface area contributed by atoms with Gasteiger partial charge in [-0.3, -0.25) is 24.3 Å². The predicted octanol–water partition coefficient (Wildman–Crippen LogP) is 0.0940. The van der Waals surface area contributed by atoms with Gasteiger partial charge in [0.15, 0.2) is 0 Å². The van der Waals surface area contributed by atoms with Gasteiger partial charge in [0.2, 0.25) is 0 Å². The van der Waals surface area contributed by atoms with Crippen LogP contribution in [0.3, 0.4) is 0 Å². The summed E-state index contributed by atoms with van der Waals surface area (Å²) in [6.45, 7) is 0.268. The normalized spacial score (nSPS) is 19.4. The second-order valence-electron chi connectivity index (χ2n) is 5.43. The van der Waals surface area contributed by atoms with E-state index in [1.807, 2.05) is 0 Å². The summed E-state index contributed by atoms with van der Waals surface area (Å²) in [5, 5.41) is 16.5. The number of rotatable bonds is 6. The Morgan fingerprint density at radius 3 is 3.07 bits per heavy atom. The number of aliphatic imine (C=N–C) groups is 1. The van der Waals surface area contributed by atoms with E-state index < -0.39 is 17.9 Å². The van der Waals surface area contributed by atoms with Crippen LogP contribution in [-0.2, 0) is 14.3 Å². The molecular formula is C15H15N5O5S2. The number of thioether (sulfide) groups is 1. The van der Waals surface area contributed by atoms with E-state index in [2.05, 4.69) is 20.4 Å². The highest BCUT2D eigenvalue weighted by molar-refractivity contribution is 8.14. The Bertz CT molecular complexity index is 863. The van der Waals surface area contributed by atoms with Crippen molar-refractivity contribution in [3.8, 4) is 0 Å². The summed E-state index contributed by atoms with van der Waals surface area (Å²) in [5.74, 6) is -0.353. The smallest absolute Gasteiger partial charge is 0.271 e. The SMILES string of the molecule is COC1=CC(=O)N(C(=O)[C@H]2CSC(CNC(=O)c3csc(/C=N/O)n3)=N2)C1. The summed E-state index contributed by atoms with van der Waals surface area (Å²) in [6.07, 6.45) is 2.42. The van der Waals surface area contributed by atoms with Gasteiger partial charge in [-0.2, -0.15) is 0 Å². The number of methoxy groups -OCH3 is 1. The maximum atomic E-state index is 12.5. The van der Waals surface area contributed by atoms with E-state index in [9.17, 15) is 14.4 Å². The Hall–Kier alpha value is -2.73. The molecule has 0 saturated heterocycles. The van der Waals surface area contributed by atoms with Crippen molar-refractivity contribution in [1.82, 2.24) is 15.2 Å². The lowest BCUT2D eigenvalue weighted by molar-refractivity contribution is -0.141. The number of carbonyl (C=O) groups is 3. The number of thiazole rings is 1. The second-order valence-corrected chi connectivity index (χ2v) is 7.41. The van der Waals surface area contributed by atoms with E-state index in [1.54, 1.807) is 5.38 Å². The van der Waals surface area contributed by atoms with Gasteiger partial charge in [0.25, 0.3) is 17.7 Å². The quantitative estimate of drug-likeness (QED) is 0.294. The number of imide groups is 1. The molecule has 2 aliphatic rings. The molecule has 3 rings (SSSR count). The lowest BCUT2D eigenvalue weighted by atomic mass is 10.3. The highest BCUT2D eigenvalue weighted by Crippen LogP contribution is 2.22. The molecule has 0 fully saturated rings. The number of hydrogen-bond donors (Lipinski definition) is 2. The average Bonchev–Trinajstić information content (AvgIpc) is 3.39. The fraction of sp³-hybridized carbons (Fsp3) is 0.333. The first-order valence-electron chi connectivity index (χ1n) is 7.72. The summed E-state index contributed by atoms with van der Waals surface area (Å²) < 4.78 is 5.00. The van der Waals surface area contributed by atoms with Gasteiger partial charge >= 0.3 is 0 Å². The molecule has 0 saturated carbocycles. The molecule has 12 heteroatoms. The zero-order chi connectivity index (χ0) is 19.4. The van der Waals surface area contributed by atoms with Crippen LogP contribution >= 0.6 is 23.1 Å². The first-order valence-corrected chi connectivity index (χ1v) is 9.59. The number of amides is 3. The molecule has 2 aliphatic heterocycles. The molecule has 2 N–H and O–H groups in total. The molecule has 0 aromatic carbocycles. The van der Waals surface area contributed by atoms with Crippen LogP contribution in [0.5, 0.6) is 0 Å². The molecule has 27 heavy (non-hydrogen) atoms. The minimum Gasteiger partial charge on any atom is -0.499 e. The number of carbonyl (C=O) groups excluding carboxylic acids is 3. The maximum Gasteiger partial charge on any atom is 0.271 e. The molecule has 1 aromatic rings. The van der Waals surface area contributed by atoms with E-state index in [0.29, 0.717) is 21.6 Å². The van der Waals surface area contributed by atoms with Gasteiger partial charge in [-0.1, -0.05) is 5.16 Å². The first-order chi connectivity index (χ1) is 13.0. The van der Waals surface area contributed by atoms with Crippen molar-refractivity contribution in [1.29, 1.82) is 0 Å². The van der Waals surface area contributed by atoms with Crippen LogP contribution in [0.2, 0.25) is 0 Å². The number of nitrogens with zero attached hydrogens (tertiary/aromatic N) is 4.